The van der Waals surface area contributed by atoms with Gasteiger partial charge in [-0.1, -0.05) is 116 Å². The molecule has 0 unspecified atom stereocenters. The molecule has 1 spiro atoms. The quantitative estimate of drug-likeness (QED) is 0.0977. The number of H-pyrrole nitrogens is 1. The summed E-state index contributed by atoms with van der Waals surface area (Å²) >= 11 is 0. The van der Waals surface area contributed by atoms with Gasteiger partial charge in [-0.15, -0.1) is 0 Å². The van der Waals surface area contributed by atoms with Gasteiger partial charge in [0, 0.05) is 47.4 Å². The molecule has 10 nitrogen and oxygen atoms in total. The van der Waals surface area contributed by atoms with Crippen molar-refractivity contribution >= 4 is 53.3 Å². The number of hydrogen-bond donors (Lipinski definition) is 3. The summed E-state index contributed by atoms with van der Waals surface area (Å²) in [5, 5.41) is 15.3. The van der Waals surface area contributed by atoms with Crippen molar-refractivity contribution in [3.8, 4) is 5.75 Å². The summed E-state index contributed by atoms with van der Waals surface area (Å²) in [5.74, 6) is 0.0276. The summed E-state index contributed by atoms with van der Waals surface area (Å²) in [5.41, 5.74) is 4.45. The number of fused-ring (bicyclic) bond motifs is 3. The number of anilines is 2. The van der Waals surface area contributed by atoms with Crippen LogP contribution in [0.5, 0.6) is 5.75 Å². The van der Waals surface area contributed by atoms with Crippen LogP contribution < -0.4 is 20.1 Å². The second-order valence-corrected chi connectivity index (χ2v) is 21.3. The maximum atomic E-state index is 15.3. The fourth-order valence-corrected chi connectivity index (χ4v) is 13.7. The van der Waals surface area contributed by atoms with Crippen LogP contribution >= 0.6 is 0 Å². The molecule has 2 aliphatic heterocycles. The number of aromatic nitrogens is 1. The minimum Gasteiger partial charge on any atom is -0.497 e. The van der Waals surface area contributed by atoms with Gasteiger partial charge in [0.05, 0.1) is 53.0 Å². The largest absolute Gasteiger partial charge is 0.497 e. The van der Waals surface area contributed by atoms with Gasteiger partial charge in [0.25, 0.3) is 5.91 Å². The highest BCUT2D eigenvalue weighted by atomic mass is 28.3. The normalized spacial score (nSPS) is 19.8. The lowest BCUT2D eigenvalue weighted by atomic mass is 9.82. The van der Waals surface area contributed by atoms with Crippen LogP contribution in [0.3, 0.4) is 0 Å². The van der Waals surface area contributed by atoms with Gasteiger partial charge in [0.2, 0.25) is 11.8 Å². The number of nitrogens with zero attached hydrogens (tertiary/aromatic N) is 2. The number of ether oxygens (including phenoxy) is 2. The third-order valence-corrected chi connectivity index (χ3v) is 17.0. The van der Waals surface area contributed by atoms with Crippen molar-refractivity contribution in [3.63, 3.8) is 0 Å². The van der Waals surface area contributed by atoms with Gasteiger partial charge in [-0.2, -0.15) is 0 Å². The number of aromatic amines is 1. The molecule has 3 N–H and O–H groups in total. The Hall–Kier alpha value is -6.01. The molecule has 8 rings (SSSR count). The molecule has 11 heteroatoms. The summed E-state index contributed by atoms with van der Waals surface area (Å²) in [6.45, 7) is 7.34. The molecule has 0 saturated carbocycles. The third kappa shape index (κ3) is 7.64. The van der Waals surface area contributed by atoms with Crippen molar-refractivity contribution in [1.82, 2.24) is 9.88 Å². The minimum atomic E-state index is -2.52. The first kappa shape index (κ1) is 40.8. The van der Waals surface area contributed by atoms with Gasteiger partial charge in [0.15, 0.2) is 5.60 Å². The van der Waals surface area contributed by atoms with Crippen molar-refractivity contribution in [2.45, 2.75) is 63.2 Å². The molecule has 308 valence electrons. The van der Waals surface area contributed by atoms with E-state index in [0.717, 1.165) is 44.6 Å². The molecule has 5 aromatic carbocycles. The Morgan fingerprint density at radius 3 is 2.40 bits per heavy atom. The molecule has 0 bridgehead atoms. The molecular weight excluding hydrogens is 769 g/mol. The number of aliphatic hydroxyl groups excluding tert-OH is 1. The van der Waals surface area contributed by atoms with Crippen LogP contribution in [0.15, 0.2) is 134 Å². The SMILES string of the molecule is COc1ccc([Si](C)(C)[C@H]2[C@H](CC(=O)N(CCO)Cc3ccccc3)O[C@@]3(C(=O)N(Cc4cccc(NC(=O)Cc5c[nH]c6ccccc56)c4)c4ccccc43)[C@@H]2C)cc1. The smallest absolute Gasteiger partial charge is 0.264 e. The van der Waals surface area contributed by atoms with Gasteiger partial charge >= 0.3 is 0 Å². The first-order valence-electron chi connectivity index (χ1n) is 20.6. The second-order valence-electron chi connectivity index (χ2n) is 16.6. The molecule has 1 aromatic heterocycles. The van der Waals surface area contributed by atoms with Crippen LogP contribution in [-0.2, 0) is 44.2 Å². The maximum absolute atomic E-state index is 15.3. The zero-order chi connectivity index (χ0) is 42.0. The van der Waals surface area contributed by atoms with Crippen molar-refractivity contribution < 1.29 is 29.0 Å². The summed E-state index contributed by atoms with van der Waals surface area (Å²) < 4.78 is 12.7. The Balaban J connectivity index is 1.09. The van der Waals surface area contributed by atoms with Crippen LogP contribution in [-0.4, -0.2) is 67.2 Å². The van der Waals surface area contributed by atoms with E-state index in [-0.39, 0.29) is 61.7 Å². The fourth-order valence-electron chi connectivity index (χ4n) is 9.73. The summed E-state index contributed by atoms with van der Waals surface area (Å²) in [6, 6.07) is 41.3. The lowest BCUT2D eigenvalue weighted by Crippen LogP contribution is -2.52. The first-order valence-corrected chi connectivity index (χ1v) is 23.7. The number of aliphatic hydroxyl groups is 1. The molecule has 1 saturated heterocycles. The molecular formula is C49H52N4O6Si. The topological polar surface area (TPSA) is 124 Å². The Kier molecular flexibility index (Phi) is 11.5. The first-order chi connectivity index (χ1) is 29.0. The predicted molar refractivity (Wildman–Crippen MR) is 238 cm³/mol. The van der Waals surface area contributed by atoms with E-state index in [4.69, 9.17) is 9.47 Å². The van der Waals surface area contributed by atoms with Gasteiger partial charge in [-0.25, -0.2) is 0 Å². The molecule has 3 amide bonds. The molecule has 4 atom stereocenters. The van der Waals surface area contributed by atoms with Crippen molar-refractivity contribution in [2.24, 2.45) is 5.92 Å². The van der Waals surface area contributed by atoms with E-state index in [1.807, 2.05) is 121 Å². The highest BCUT2D eigenvalue weighted by Gasteiger charge is 2.66. The number of nitrogens with one attached hydrogen (secondary N) is 2. The fraction of sp³-hybridized carbons (Fsp3) is 0.286. The van der Waals surface area contributed by atoms with Crippen LogP contribution in [0.1, 0.15) is 35.6 Å². The average molecular weight is 821 g/mol. The van der Waals surface area contributed by atoms with Gasteiger partial charge in [-0.05, 0) is 58.6 Å². The highest BCUT2D eigenvalue weighted by Crippen LogP contribution is 2.60. The van der Waals surface area contributed by atoms with E-state index in [2.05, 4.69) is 42.5 Å². The predicted octanol–water partition coefficient (Wildman–Crippen LogP) is 7.53. The number of carbonyl (C=O) groups excluding carboxylic acids is 3. The highest BCUT2D eigenvalue weighted by molar-refractivity contribution is 6.91. The lowest BCUT2D eigenvalue weighted by molar-refractivity contribution is -0.150. The molecule has 0 aliphatic carbocycles. The molecule has 1 fully saturated rings. The zero-order valence-corrected chi connectivity index (χ0v) is 35.6. The van der Waals surface area contributed by atoms with E-state index < -0.39 is 19.8 Å². The number of hydrogen-bond acceptors (Lipinski definition) is 6. The molecule has 0 radical (unpaired) electrons. The Morgan fingerprint density at radius 1 is 0.917 bits per heavy atom. The summed E-state index contributed by atoms with van der Waals surface area (Å²) in [4.78, 5) is 49.7. The molecule has 3 heterocycles. The lowest BCUT2D eigenvalue weighted by Gasteiger charge is -2.37. The van der Waals surface area contributed by atoms with Gasteiger partial charge in [0.1, 0.15) is 5.75 Å². The van der Waals surface area contributed by atoms with E-state index in [1.54, 1.807) is 16.9 Å². The summed E-state index contributed by atoms with van der Waals surface area (Å²) in [7, 11) is -0.869. The van der Waals surface area contributed by atoms with Crippen LogP contribution in [0, 0.1) is 5.92 Å². The Bertz CT molecular complexity index is 2510. The monoisotopic (exact) mass is 820 g/mol. The van der Waals surface area contributed by atoms with E-state index in [0.29, 0.717) is 12.2 Å². The number of carbonyl (C=O) groups is 3. The summed E-state index contributed by atoms with van der Waals surface area (Å²) in [6.07, 6.45) is 1.57. The zero-order valence-electron chi connectivity index (χ0n) is 34.6. The van der Waals surface area contributed by atoms with E-state index >= 15 is 4.79 Å². The number of amides is 3. The molecule has 60 heavy (non-hydrogen) atoms. The van der Waals surface area contributed by atoms with Crippen molar-refractivity contribution in [2.75, 3.05) is 30.5 Å². The standard InChI is InChI=1S/C49H52N4O6Si/c1-33-47(60(3,4)39-23-21-38(58-2)22-24-39)44(29-46(56)52(25-26-54)31-34-13-6-5-7-14-34)59-49(33)41-18-9-11-20-43(41)53(48(49)57)32-35-15-12-16-37(27-35)51-45(55)28-36-30-50-42-19-10-8-17-40(36)42/h5-24,27,30,33,44,47,50,54H,25-26,28-29,31-32H2,1-4H3,(H,51,55)/t33-,44+,47-,49+/m1/s1. The minimum absolute atomic E-state index is 0.0614. The van der Waals surface area contributed by atoms with Gasteiger partial charge < -0.3 is 34.7 Å². The number of rotatable bonds is 14. The Labute approximate surface area is 352 Å². The number of para-hydroxylation sites is 2. The second kappa shape index (κ2) is 16.9. The van der Waals surface area contributed by atoms with Crippen molar-refractivity contribution in [1.29, 1.82) is 0 Å². The maximum Gasteiger partial charge on any atom is 0.264 e. The third-order valence-electron chi connectivity index (χ3n) is 12.6. The number of methoxy groups -OCH3 is 1. The molecule has 6 aromatic rings. The van der Waals surface area contributed by atoms with E-state index in [1.165, 1.54) is 5.19 Å². The van der Waals surface area contributed by atoms with Crippen LogP contribution in [0.2, 0.25) is 18.6 Å². The Morgan fingerprint density at radius 2 is 1.63 bits per heavy atom. The molecule has 2 aliphatic rings. The average Bonchev–Trinajstić information content (AvgIpc) is 3.87. The van der Waals surface area contributed by atoms with Gasteiger partial charge in [-0.3, -0.25) is 14.4 Å². The van der Waals surface area contributed by atoms with Crippen LogP contribution in [0.25, 0.3) is 10.9 Å². The van der Waals surface area contributed by atoms with E-state index in [9.17, 15) is 14.7 Å². The van der Waals surface area contributed by atoms with Crippen LogP contribution in [0.4, 0.5) is 11.4 Å². The number of benzene rings is 5. The van der Waals surface area contributed by atoms with Crippen molar-refractivity contribution in [3.05, 3.63) is 156 Å².